The van der Waals surface area contributed by atoms with Crippen LogP contribution in [0.25, 0.3) is 0 Å². The van der Waals surface area contributed by atoms with Crippen LogP contribution in [0.15, 0.2) is 24.3 Å². The molecule has 0 aliphatic rings. The maximum Gasteiger partial charge on any atom is 0.299 e. The molecule has 0 aliphatic heterocycles. The highest BCUT2D eigenvalue weighted by Crippen LogP contribution is 2.29. The topological polar surface area (TPSA) is 116 Å². The van der Waals surface area contributed by atoms with Crippen molar-refractivity contribution >= 4 is 23.5 Å². The van der Waals surface area contributed by atoms with Gasteiger partial charge in [0, 0.05) is 6.07 Å². The van der Waals surface area contributed by atoms with Crippen LogP contribution in [-0.4, -0.2) is 9.96 Å². The van der Waals surface area contributed by atoms with Crippen LogP contribution >= 0.6 is 12.1 Å². The monoisotopic (exact) mass is 230 g/mol. The lowest BCUT2D eigenvalue weighted by Crippen LogP contribution is -2.24. The molecule has 0 saturated heterocycles. The largest absolute Gasteiger partial charge is 0.299 e. The van der Waals surface area contributed by atoms with Crippen LogP contribution in [0.5, 0.6) is 0 Å². The minimum absolute atomic E-state index is 0.167. The smallest absolute Gasteiger partial charge is 0.258 e. The first kappa shape index (κ1) is 11.2. The molecule has 1 rings (SSSR count). The lowest BCUT2D eigenvalue weighted by molar-refractivity contribution is -0.474. The molecule has 0 unspecified atom stereocenters. The first-order valence-electron chi connectivity index (χ1n) is 3.62. The molecule has 0 spiro atoms. The molecule has 0 radical (unpaired) electrons. The van der Waals surface area contributed by atoms with E-state index in [1.54, 1.807) is 0 Å². The fourth-order valence-corrected chi connectivity index (χ4v) is 1.31. The molecule has 0 aromatic heterocycles. The van der Waals surface area contributed by atoms with Crippen molar-refractivity contribution in [3.63, 3.8) is 0 Å². The molecule has 1 aromatic carbocycles. The van der Waals surface area contributed by atoms with Gasteiger partial charge in [-0.15, -0.1) is 0 Å². The molecule has 0 saturated carbocycles. The van der Waals surface area contributed by atoms with Gasteiger partial charge in [0.1, 0.15) is 12.1 Å². The molecule has 0 atom stereocenters. The zero-order valence-corrected chi connectivity index (χ0v) is 8.09. The van der Waals surface area contributed by atoms with Crippen LogP contribution in [0, 0.1) is 20.2 Å². The van der Waals surface area contributed by atoms with E-state index in [1.165, 1.54) is 24.3 Å². The number of rotatable bonds is 4. The fraction of sp³-hybridized carbons (Fsp3) is 0. The fourth-order valence-electron chi connectivity index (χ4n) is 0.964. The van der Waals surface area contributed by atoms with Gasteiger partial charge in [-0.2, -0.15) is 0 Å². The van der Waals surface area contributed by atoms with Gasteiger partial charge < -0.3 is 0 Å². The average Bonchev–Trinajstić information content (AvgIpc) is 2.18. The number of hydrazine groups is 1. The summed E-state index contributed by atoms with van der Waals surface area (Å²) in [6.45, 7) is 0. The Labute approximate surface area is 88.2 Å². The van der Waals surface area contributed by atoms with E-state index in [9.17, 15) is 20.2 Å². The van der Waals surface area contributed by atoms with Crippen molar-refractivity contribution in [2.24, 2.45) is 5.14 Å². The molecular weight excluding hydrogens is 224 g/mol. The SMILES string of the molecule is NSN(c1ccccc1[N+](=O)[O-])[N+](=O)[O-]. The summed E-state index contributed by atoms with van der Waals surface area (Å²) >= 11 is 0.292. The summed E-state index contributed by atoms with van der Waals surface area (Å²) in [5.74, 6) is 0. The Hall–Kier alpha value is -1.87. The number of nitrogens with zero attached hydrogens (tertiary/aromatic N) is 3. The van der Waals surface area contributed by atoms with E-state index < -0.39 is 9.96 Å². The number of hydrogen-bond donors (Lipinski definition) is 1. The van der Waals surface area contributed by atoms with E-state index in [4.69, 9.17) is 5.14 Å². The van der Waals surface area contributed by atoms with Gasteiger partial charge in [0.25, 0.3) is 5.69 Å². The molecule has 0 amide bonds. The Morgan fingerprint density at radius 3 is 2.33 bits per heavy atom. The van der Waals surface area contributed by atoms with E-state index in [0.29, 0.717) is 16.5 Å². The highest BCUT2D eigenvalue weighted by Gasteiger charge is 2.26. The number of benzene rings is 1. The summed E-state index contributed by atoms with van der Waals surface area (Å²) in [4.78, 5) is 20.4. The summed E-state index contributed by atoms with van der Waals surface area (Å²) < 4.78 is 0.429. The lowest BCUT2D eigenvalue weighted by Gasteiger charge is -2.08. The maximum atomic E-state index is 10.6. The molecule has 2 N–H and O–H groups in total. The molecule has 0 fully saturated rings. The first-order valence-corrected chi connectivity index (χ1v) is 4.46. The van der Waals surface area contributed by atoms with Crippen molar-refractivity contribution in [1.82, 2.24) is 0 Å². The van der Waals surface area contributed by atoms with Gasteiger partial charge in [-0.05, 0) is 10.5 Å². The van der Waals surface area contributed by atoms with Gasteiger partial charge in [0.05, 0.1) is 4.92 Å². The van der Waals surface area contributed by atoms with Crippen LogP contribution in [0.3, 0.4) is 0 Å². The standard InChI is InChI=1S/C6H6N4O4S/c7-15-8(10(13)14)5-3-1-2-4-6(5)9(11)12/h1-4H,7H2. The first-order chi connectivity index (χ1) is 7.07. The van der Waals surface area contributed by atoms with Crippen molar-refractivity contribution in [1.29, 1.82) is 0 Å². The van der Waals surface area contributed by atoms with E-state index in [0.717, 1.165) is 0 Å². The second-order valence-corrected chi connectivity index (χ2v) is 2.92. The zero-order valence-electron chi connectivity index (χ0n) is 7.27. The quantitative estimate of drug-likeness (QED) is 0.468. The van der Waals surface area contributed by atoms with Gasteiger partial charge in [-0.25, -0.2) is 10.1 Å². The number of para-hydroxylation sites is 2. The van der Waals surface area contributed by atoms with E-state index in [-0.39, 0.29) is 11.4 Å². The third kappa shape index (κ3) is 2.33. The predicted octanol–water partition coefficient (Wildman–Crippen LogP) is 1.11. The van der Waals surface area contributed by atoms with Crippen molar-refractivity contribution in [2.75, 3.05) is 4.41 Å². The molecular formula is C6H6N4O4S. The minimum atomic E-state index is -0.826. The van der Waals surface area contributed by atoms with Crippen molar-refractivity contribution in [3.8, 4) is 0 Å². The van der Waals surface area contributed by atoms with Crippen LogP contribution < -0.4 is 9.55 Å². The Balaban J connectivity index is 3.22. The predicted molar refractivity (Wildman–Crippen MR) is 54.3 cm³/mol. The Bertz CT molecular complexity index is 398. The normalized spacial score (nSPS) is 9.67. The van der Waals surface area contributed by atoms with Gasteiger partial charge >= 0.3 is 0 Å². The molecule has 9 heteroatoms. The van der Waals surface area contributed by atoms with Crippen LogP contribution in [0.4, 0.5) is 11.4 Å². The summed E-state index contributed by atoms with van der Waals surface area (Å²) in [5.41, 5.74) is -0.535. The molecule has 8 nitrogen and oxygen atoms in total. The number of nitrogens with two attached hydrogens (primary N) is 1. The summed E-state index contributed by atoms with van der Waals surface area (Å²) in [6.07, 6.45) is 0. The maximum absolute atomic E-state index is 10.6. The Morgan fingerprint density at radius 2 is 1.87 bits per heavy atom. The second kappa shape index (κ2) is 4.57. The average molecular weight is 230 g/mol. The van der Waals surface area contributed by atoms with Crippen molar-refractivity contribution in [3.05, 3.63) is 44.5 Å². The van der Waals surface area contributed by atoms with Gasteiger partial charge in [0.2, 0.25) is 0 Å². The highest BCUT2D eigenvalue weighted by molar-refractivity contribution is 7.98. The summed E-state index contributed by atoms with van der Waals surface area (Å²) in [7, 11) is 0. The summed E-state index contributed by atoms with van der Waals surface area (Å²) in [5, 5.41) is 25.3. The van der Waals surface area contributed by atoms with Crippen molar-refractivity contribution in [2.45, 2.75) is 0 Å². The molecule has 0 aliphatic carbocycles. The number of anilines is 1. The number of nitro groups is 2. The molecule has 15 heavy (non-hydrogen) atoms. The van der Waals surface area contributed by atoms with E-state index in [2.05, 4.69) is 0 Å². The minimum Gasteiger partial charge on any atom is -0.258 e. The van der Waals surface area contributed by atoms with Crippen molar-refractivity contribution < 1.29 is 9.96 Å². The Morgan fingerprint density at radius 1 is 1.27 bits per heavy atom. The molecule has 0 bridgehead atoms. The van der Waals surface area contributed by atoms with Gasteiger partial charge in [-0.1, -0.05) is 12.1 Å². The van der Waals surface area contributed by atoms with Gasteiger partial charge in [-0.3, -0.25) is 15.3 Å². The van der Waals surface area contributed by atoms with Crippen LogP contribution in [0.1, 0.15) is 0 Å². The zero-order chi connectivity index (χ0) is 11.4. The third-order valence-electron chi connectivity index (χ3n) is 1.53. The van der Waals surface area contributed by atoms with Crippen LogP contribution in [-0.2, 0) is 0 Å². The Kier molecular flexibility index (Phi) is 3.42. The van der Waals surface area contributed by atoms with Gasteiger partial charge in [0.15, 0.2) is 10.7 Å². The van der Waals surface area contributed by atoms with E-state index in [1.807, 2.05) is 0 Å². The molecule has 1 aromatic rings. The number of nitro benzene ring substituents is 1. The highest BCUT2D eigenvalue weighted by atomic mass is 32.2. The lowest BCUT2D eigenvalue weighted by atomic mass is 10.3. The molecule has 0 heterocycles. The molecule has 80 valence electrons. The second-order valence-electron chi connectivity index (χ2n) is 2.36. The van der Waals surface area contributed by atoms with E-state index >= 15 is 0 Å². The number of hydrogen-bond acceptors (Lipinski definition) is 6. The van der Waals surface area contributed by atoms with Crippen LogP contribution in [0.2, 0.25) is 0 Å². The third-order valence-corrected chi connectivity index (χ3v) is 2.06. The summed E-state index contributed by atoms with van der Waals surface area (Å²) in [6, 6.07) is 5.29.